The molecular weight excluding hydrogens is 268 g/mol. The van der Waals surface area contributed by atoms with E-state index in [4.69, 9.17) is 0 Å². The predicted octanol–water partition coefficient (Wildman–Crippen LogP) is -0.766. The molecule has 0 unspecified atom stereocenters. The molecule has 0 atom stereocenters. The highest BCUT2D eigenvalue weighted by Gasteiger charge is 2.13. The lowest BCUT2D eigenvalue weighted by atomic mass is 10.7. The van der Waals surface area contributed by atoms with Gasteiger partial charge in [0.1, 0.15) is 19.3 Å². The summed E-state index contributed by atoms with van der Waals surface area (Å²) < 4.78 is 50.3. The van der Waals surface area contributed by atoms with Crippen LogP contribution in [0.1, 0.15) is 0 Å². The molecule has 0 spiro atoms. The van der Waals surface area contributed by atoms with Crippen molar-refractivity contribution in [1.29, 1.82) is 0 Å². The molecule has 0 amide bonds. The molecule has 0 aromatic rings. The van der Waals surface area contributed by atoms with E-state index in [1.807, 2.05) is 0 Å². The maximum Gasteiger partial charge on any atom is 0.278 e. The zero-order chi connectivity index (χ0) is 12.5. The van der Waals surface area contributed by atoms with Crippen LogP contribution in [-0.4, -0.2) is 46.0 Å². The van der Waals surface area contributed by atoms with Crippen LogP contribution in [0.4, 0.5) is 0 Å². The van der Waals surface area contributed by atoms with Gasteiger partial charge in [-0.15, -0.1) is 8.80 Å². The Morgan fingerprint density at radius 1 is 0.824 bits per heavy atom. The Hall–Kier alpha value is -1.68. The molecule has 0 fully saturated rings. The summed E-state index contributed by atoms with van der Waals surface area (Å²) in [5.41, 5.74) is 0. The minimum Gasteiger partial charge on any atom is -0.319 e. The van der Waals surface area contributed by atoms with Gasteiger partial charge in [-0.25, -0.2) is 0 Å². The third kappa shape index (κ3) is 3.14. The molecule has 0 aliphatic carbocycles. The summed E-state index contributed by atoms with van der Waals surface area (Å²) in [7, 11) is -6.99. The summed E-state index contributed by atoms with van der Waals surface area (Å²) in [6.07, 6.45) is 4.93. The summed E-state index contributed by atoms with van der Waals surface area (Å²) in [5.74, 6) is 0. The van der Waals surface area contributed by atoms with Gasteiger partial charge in [-0.1, -0.05) is 0 Å². The molecule has 0 N–H and O–H groups in total. The van der Waals surface area contributed by atoms with Gasteiger partial charge in [0, 0.05) is 12.4 Å². The molecule has 92 valence electrons. The number of hydrogen-bond donors (Lipinski definition) is 0. The second-order valence-corrected chi connectivity index (χ2v) is 6.24. The molecule has 2 rings (SSSR count). The van der Waals surface area contributed by atoms with Crippen molar-refractivity contribution >= 4 is 32.7 Å². The summed E-state index contributed by atoms with van der Waals surface area (Å²) >= 11 is 0. The van der Waals surface area contributed by atoms with E-state index in [2.05, 4.69) is 8.80 Å². The van der Waals surface area contributed by atoms with E-state index in [9.17, 15) is 16.8 Å². The Morgan fingerprint density at radius 3 is 1.53 bits per heavy atom. The SMILES string of the molecule is O=S1(=O)C=CN(CN2C=CS(=O)(=O)N=C2)C=N1. The van der Waals surface area contributed by atoms with E-state index in [1.165, 1.54) is 22.2 Å². The first-order valence-corrected chi connectivity index (χ1v) is 7.36. The number of rotatable bonds is 2. The highest BCUT2D eigenvalue weighted by Crippen LogP contribution is 2.07. The maximum absolute atomic E-state index is 10.9. The van der Waals surface area contributed by atoms with Gasteiger partial charge in [-0.3, -0.25) is 0 Å². The quantitative estimate of drug-likeness (QED) is 0.657. The molecule has 10 heteroatoms. The van der Waals surface area contributed by atoms with Crippen molar-refractivity contribution in [3.63, 3.8) is 0 Å². The summed E-state index contributed by atoms with van der Waals surface area (Å²) in [5, 5.41) is 1.91. The second-order valence-electron chi connectivity index (χ2n) is 3.21. The molecule has 0 bridgehead atoms. The van der Waals surface area contributed by atoms with E-state index in [-0.39, 0.29) is 6.67 Å². The fourth-order valence-electron chi connectivity index (χ4n) is 1.07. The standard InChI is InChI=1S/C7H8N4O4S2/c12-16(13)3-1-10(5-8-16)7-11-2-4-17(14,15)9-6-11/h1-6H,7H2. The monoisotopic (exact) mass is 276 g/mol. The first-order valence-electron chi connectivity index (χ1n) is 4.35. The molecule has 17 heavy (non-hydrogen) atoms. The molecule has 2 aliphatic rings. The van der Waals surface area contributed by atoms with Gasteiger partial charge in [0.05, 0.1) is 10.8 Å². The van der Waals surface area contributed by atoms with Crippen molar-refractivity contribution < 1.29 is 16.8 Å². The van der Waals surface area contributed by atoms with E-state index < -0.39 is 20.0 Å². The van der Waals surface area contributed by atoms with Crippen molar-refractivity contribution in [3.05, 3.63) is 23.2 Å². The van der Waals surface area contributed by atoms with Gasteiger partial charge in [0.15, 0.2) is 0 Å². The second kappa shape index (κ2) is 3.96. The Kier molecular flexibility index (Phi) is 2.75. The smallest absolute Gasteiger partial charge is 0.278 e. The fraction of sp³-hybridized carbons (Fsp3) is 0.143. The lowest BCUT2D eigenvalue weighted by Crippen LogP contribution is -2.32. The molecule has 2 heterocycles. The van der Waals surface area contributed by atoms with Crippen LogP contribution in [0, 0.1) is 0 Å². The van der Waals surface area contributed by atoms with Crippen LogP contribution in [-0.2, 0) is 20.0 Å². The van der Waals surface area contributed by atoms with Gasteiger partial charge in [-0.2, -0.15) is 16.8 Å². The Bertz CT molecular complexity index is 533. The average molecular weight is 276 g/mol. The van der Waals surface area contributed by atoms with Gasteiger partial charge < -0.3 is 9.80 Å². The van der Waals surface area contributed by atoms with Crippen LogP contribution in [0.2, 0.25) is 0 Å². The van der Waals surface area contributed by atoms with Crippen LogP contribution < -0.4 is 0 Å². The summed E-state index contributed by atoms with van der Waals surface area (Å²) in [4.78, 5) is 2.94. The van der Waals surface area contributed by atoms with Gasteiger partial charge in [0.25, 0.3) is 20.0 Å². The van der Waals surface area contributed by atoms with Crippen molar-refractivity contribution in [1.82, 2.24) is 9.80 Å². The van der Waals surface area contributed by atoms with Crippen molar-refractivity contribution in [2.24, 2.45) is 8.80 Å². The zero-order valence-corrected chi connectivity index (χ0v) is 10.0. The highest BCUT2D eigenvalue weighted by atomic mass is 32.2. The Morgan fingerprint density at radius 2 is 1.24 bits per heavy atom. The highest BCUT2D eigenvalue weighted by molar-refractivity contribution is 7.93. The van der Waals surface area contributed by atoms with Gasteiger partial charge in [-0.05, 0) is 0 Å². The molecule has 8 nitrogen and oxygen atoms in total. The van der Waals surface area contributed by atoms with Crippen molar-refractivity contribution in [2.45, 2.75) is 0 Å². The molecule has 0 aromatic heterocycles. The fourth-order valence-corrected chi connectivity index (χ4v) is 2.33. The Labute approximate surface area is 98.4 Å². The van der Waals surface area contributed by atoms with E-state index in [0.717, 1.165) is 23.5 Å². The average Bonchev–Trinajstić information content (AvgIpc) is 2.24. The first-order chi connectivity index (χ1) is 7.86. The van der Waals surface area contributed by atoms with Crippen LogP contribution >= 0.6 is 0 Å². The van der Waals surface area contributed by atoms with Crippen LogP contribution in [0.5, 0.6) is 0 Å². The molecule has 0 radical (unpaired) electrons. The summed E-state index contributed by atoms with van der Waals surface area (Å²) in [6, 6.07) is 0. The van der Waals surface area contributed by atoms with Crippen LogP contribution in [0.15, 0.2) is 32.0 Å². The normalized spacial score (nSPS) is 24.2. The minimum atomic E-state index is -3.49. The Balaban J connectivity index is 2.02. The van der Waals surface area contributed by atoms with Crippen molar-refractivity contribution in [2.75, 3.05) is 6.67 Å². The summed E-state index contributed by atoms with van der Waals surface area (Å²) in [6.45, 7) is 0.213. The molecule has 0 saturated heterocycles. The van der Waals surface area contributed by atoms with E-state index in [1.54, 1.807) is 0 Å². The topological polar surface area (TPSA) is 99.5 Å². The first kappa shape index (κ1) is 11.8. The lowest BCUT2D eigenvalue weighted by Gasteiger charge is -2.23. The van der Waals surface area contributed by atoms with E-state index in [0.29, 0.717) is 0 Å². The number of sulfonamides is 2. The molecule has 0 saturated carbocycles. The molecule has 0 aromatic carbocycles. The zero-order valence-electron chi connectivity index (χ0n) is 8.41. The van der Waals surface area contributed by atoms with Gasteiger partial charge in [0.2, 0.25) is 0 Å². The third-order valence-corrected chi connectivity index (χ3v) is 3.57. The largest absolute Gasteiger partial charge is 0.319 e. The predicted molar refractivity (Wildman–Crippen MR) is 61.6 cm³/mol. The van der Waals surface area contributed by atoms with Gasteiger partial charge >= 0.3 is 0 Å². The maximum atomic E-state index is 10.9. The third-order valence-electron chi connectivity index (χ3n) is 1.86. The molecule has 2 aliphatic heterocycles. The lowest BCUT2D eigenvalue weighted by molar-refractivity contribution is 0.410. The van der Waals surface area contributed by atoms with Crippen molar-refractivity contribution in [3.8, 4) is 0 Å². The number of hydrogen-bond acceptors (Lipinski definition) is 6. The molecular formula is C7H8N4O4S2. The van der Waals surface area contributed by atoms with Crippen LogP contribution in [0.3, 0.4) is 0 Å². The number of nitrogens with zero attached hydrogens (tertiary/aromatic N) is 4. The minimum absolute atomic E-state index is 0.213. The van der Waals surface area contributed by atoms with Crippen LogP contribution in [0.25, 0.3) is 0 Å². The van der Waals surface area contributed by atoms with E-state index >= 15 is 0 Å².